The van der Waals surface area contributed by atoms with E-state index >= 15 is 0 Å². The van der Waals surface area contributed by atoms with Gasteiger partial charge in [-0.05, 0) is 31.0 Å². The SMILES string of the molecule is CN=C(NCc1cc(C#N)ccc1F)N1CCS(=O)(=O)C2(CCCCC2)C1. The number of hydrogen-bond donors (Lipinski definition) is 1. The molecule has 8 heteroatoms. The Hall–Kier alpha value is -2.14. The van der Waals surface area contributed by atoms with Gasteiger partial charge in [-0.1, -0.05) is 19.3 Å². The Kier molecular flexibility index (Phi) is 5.70. The van der Waals surface area contributed by atoms with Crippen LogP contribution in [0.25, 0.3) is 0 Å². The largest absolute Gasteiger partial charge is 0.352 e. The van der Waals surface area contributed by atoms with Crippen molar-refractivity contribution in [1.82, 2.24) is 10.2 Å². The van der Waals surface area contributed by atoms with Crippen molar-refractivity contribution >= 4 is 15.8 Å². The summed E-state index contributed by atoms with van der Waals surface area (Å²) in [6.45, 7) is 0.991. The Bertz CT molecular complexity index is 870. The van der Waals surface area contributed by atoms with Crippen LogP contribution in [-0.2, 0) is 16.4 Å². The van der Waals surface area contributed by atoms with E-state index in [9.17, 15) is 12.8 Å². The third-order valence-corrected chi connectivity index (χ3v) is 8.23. The zero-order valence-corrected chi connectivity index (χ0v) is 16.4. The fourth-order valence-electron chi connectivity index (χ4n) is 4.10. The third-order valence-electron chi connectivity index (χ3n) is 5.66. The molecule has 1 saturated carbocycles. The standard InChI is InChI=1S/C19H25FN4O2S/c1-22-18(23-13-16-11-15(12-21)5-6-17(16)20)24-9-10-27(25,26)19(14-24)7-3-2-4-8-19/h5-6,11H,2-4,7-10,13-14H2,1H3,(H,22,23). The van der Waals surface area contributed by atoms with E-state index in [1.54, 1.807) is 7.05 Å². The van der Waals surface area contributed by atoms with Crippen molar-refractivity contribution in [1.29, 1.82) is 5.26 Å². The lowest BCUT2D eigenvalue weighted by atomic mass is 9.87. The van der Waals surface area contributed by atoms with Gasteiger partial charge in [-0.15, -0.1) is 0 Å². The van der Waals surface area contributed by atoms with E-state index in [0.29, 0.717) is 43.0 Å². The Morgan fingerprint density at radius 1 is 1.37 bits per heavy atom. The second-order valence-electron chi connectivity index (χ2n) is 7.30. The molecule has 1 heterocycles. The van der Waals surface area contributed by atoms with Crippen LogP contribution in [-0.4, -0.2) is 49.9 Å². The number of nitriles is 1. The highest BCUT2D eigenvalue weighted by molar-refractivity contribution is 7.92. The molecule has 27 heavy (non-hydrogen) atoms. The predicted octanol–water partition coefficient (Wildman–Crippen LogP) is 2.21. The van der Waals surface area contributed by atoms with E-state index in [4.69, 9.17) is 5.26 Å². The molecule has 1 aliphatic carbocycles. The van der Waals surface area contributed by atoms with E-state index in [-0.39, 0.29) is 18.1 Å². The van der Waals surface area contributed by atoms with E-state index in [1.165, 1.54) is 18.2 Å². The zero-order chi connectivity index (χ0) is 19.5. The maximum Gasteiger partial charge on any atom is 0.193 e. The Morgan fingerprint density at radius 2 is 2.11 bits per heavy atom. The summed E-state index contributed by atoms with van der Waals surface area (Å²) in [7, 11) is -1.48. The van der Waals surface area contributed by atoms with Crippen LogP contribution in [0.15, 0.2) is 23.2 Å². The van der Waals surface area contributed by atoms with E-state index in [1.807, 2.05) is 11.0 Å². The summed E-state index contributed by atoms with van der Waals surface area (Å²) < 4.78 is 38.8. The van der Waals surface area contributed by atoms with Crippen molar-refractivity contribution < 1.29 is 12.8 Å². The number of rotatable bonds is 2. The normalized spacial score (nSPS) is 21.7. The van der Waals surface area contributed by atoms with Gasteiger partial charge in [0.1, 0.15) is 5.82 Å². The van der Waals surface area contributed by atoms with Gasteiger partial charge >= 0.3 is 0 Å². The minimum Gasteiger partial charge on any atom is -0.352 e. The van der Waals surface area contributed by atoms with Crippen molar-refractivity contribution in [2.45, 2.75) is 43.4 Å². The van der Waals surface area contributed by atoms with Crippen LogP contribution >= 0.6 is 0 Å². The number of benzene rings is 1. The summed E-state index contributed by atoms with van der Waals surface area (Å²) in [4.78, 5) is 6.24. The van der Waals surface area contributed by atoms with Gasteiger partial charge in [0.15, 0.2) is 15.8 Å². The molecule has 6 nitrogen and oxygen atoms in total. The Morgan fingerprint density at radius 3 is 2.78 bits per heavy atom. The van der Waals surface area contributed by atoms with Gasteiger partial charge in [0.25, 0.3) is 0 Å². The van der Waals surface area contributed by atoms with Crippen LogP contribution in [0.1, 0.15) is 43.2 Å². The van der Waals surface area contributed by atoms with Crippen molar-refractivity contribution in [3.05, 3.63) is 35.1 Å². The monoisotopic (exact) mass is 392 g/mol. The van der Waals surface area contributed by atoms with Crippen LogP contribution in [0.3, 0.4) is 0 Å². The number of aliphatic imine (C=N–C) groups is 1. The molecule has 1 N–H and O–H groups in total. The van der Waals surface area contributed by atoms with Gasteiger partial charge in [0.2, 0.25) is 0 Å². The van der Waals surface area contributed by atoms with Crippen LogP contribution in [0.2, 0.25) is 0 Å². The third kappa shape index (κ3) is 3.93. The lowest BCUT2D eigenvalue weighted by Gasteiger charge is -2.45. The summed E-state index contributed by atoms with van der Waals surface area (Å²) in [6.07, 6.45) is 4.35. The molecule has 1 spiro atoms. The quantitative estimate of drug-likeness (QED) is 0.616. The van der Waals surface area contributed by atoms with E-state index in [2.05, 4.69) is 10.3 Å². The minimum absolute atomic E-state index is 0.117. The molecular weight excluding hydrogens is 367 g/mol. The molecule has 1 aromatic carbocycles. The van der Waals surface area contributed by atoms with Crippen molar-refractivity contribution in [2.75, 3.05) is 25.9 Å². The van der Waals surface area contributed by atoms with Crippen LogP contribution in [0.4, 0.5) is 4.39 Å². The number of nitrogens with one attached hydrogen (secondary N) is 1. The van der Waals surface area contributed by atoms with Crippen LogP contribution < -0.4 is 5.32 Å². The van der Waals surface area contributed by atoms with Gasteiger partial charge in [0.05, 0.1) is 22.1 Å². The summed E-state index contributed by atoms with van der Waals surface area (Å²) >= 11 is 0. The molecule has 0 bridgehead atoms. The Labute approximate surface area is 160 Å². The topological polar surface area (TPSA) is 85.6 Å². The highest BCUT2D eigenvalue weighted by atomic mass is 32.2. The number of hydrogen-bond acceptors (Lipinski definition) is 4. The van der Waals surface area contributed by atoms with Gasteiger partial charge in [-0.2, -0.15) is 5.26 Å². The average molecular weight is 393 g/mol. The molecule has 0 aromatic heterocycles. The van der Waals surface area contributed by atoms with Gasteiger partial charge < -0.3 is 10.2 Å². The first kappa shape index (κ1) is 19.6. The Balaban J connectivity index is 1.74. The molecule has 1 aromatic rings. The van der Waals surface area contributed by atoms with Crippen LogP contribution in [0.5, 0.6) is 0 Å². The first-order valence-corrected chi connectivity index (χ1v) is 10.9. The minimum atomic E-state index is -3.12. The lowest BCUT2D eigenvalue weighted by molar-refractivity contribution is 0.274. The highest BCUT2D eigenvalue weighted by Crippen LogP contribution is 2.38. The van der Waals surface area contributed by atoms with Crippen molar-refractivity contribution in [2.24, 2.45) is 4.99 Å². The fourth-order valence-corrected chi connectivity index (χ4v) is 6.26. The van der Waals surface area contributed by atoms with Crippen molar-refractivity contribution in [3.8, 4) is 6.07 Å². The second kappa shape index (κ2) is 7.85. The molecule has 0 unspecified atom stereocenters. The molecule has 2 aliphatic rings. The molecular formula is C19H25FN4O2S. The molecule has 2 fully saturated rings. The lowest BCUT2D eigenvalue weighted by Crippen LogP contribution is -2.60. The molecule has 1 saturated heterocycles. The summed E-state index contributed by atoms with van der Waals surface area (Å²) in [6, 6.07) is 6.24. The van der Waals surface area contributed by atoms with Gasteiger partial charge in [0, 0.05) is 32.2 Å². The fraction of sp³-hybridized carbons (Fsp3) is 0.579. The van der Waals surface area contributed by atoms with Crippen LogP contribution in [0, 0.1) is 17.1 Å². The molecule has 0 radical (unpaired) electrons. The van der Waals surface area contributed by atoms with Crippen molar-refractivity contribution in [3.63, 3.8) is 0 Å². The molecule has 0 amide bonds. The maximum atomic E-state index is 14.0. The molecule has 0 atom stereocenters. The average Bonchev–Trinajstić information content (AvgIpc) is 2.67. The summed E-state index contributed by atoms with van der Waals surface area (Å²) in [5.74, 6) is 0.296. The number of sulfone groups is 1. The highest BCUT2D eigenvalue weighted by Gasteiger charge is 2.48. The van der Waals surface area contributed by atoms with E-state index in [0.717, 1.165) is 19.3 Å². The first-order chi connectivity index (χ1) is 12.9. The van der Waals surface area contributed by atoms with Gasteiger partial charge in [-0.3, -0.25) is 4.99 Å². The summed E-state index contributed by atoms with van der Waals surface area (Å²) in [5.41, 5.74) is 0.778. The number of guanidine groups is 1. The smallest absolute Gasteiger partial charge is 0.193 e. The summed E-state index contributed by atoms with van der Waals surface area (Å²) in [5, 5.41) is 12.1. The predicted molar refractivity (Wildman–Crippen MR) is 102 cm³/mol. The first-order valence-electron chi connectivity index (χ1n) is 9.27. The van der Waals surface area contributed by atoms with E-state index < -0.39 is 14.6 Å². The number of halogens is 1. The molecule has 146 valence electrons. The molecule has 3 rings (SSSR count). The second-order valence-corrected chi connectivity index (χ2v) is 9.81. The maximum absolute atomic E-state index is 14.0. The van der Waals surface area contributed by atoms with Gasteiger partial charge in [-0.25, -0.2) is 12.8 Å². The number of nitrogens with zero attached hydrogens (tertiary/aromatic N) is 3. The zero-order valence-electron chi connectivity index (χ0n) is 15.5. The molecule has 1 aliphatic heterocycles.